The second-order valence-electron chi connectivity index (χ2n) is 16.0. The Labute approximate surface area is 359 Å². The van der Waals surface area contributed by atoms with Gasteiger partial charge in [0.1, 0.15) is 13.2 Å². The molecule has 0 aromatic carbocycles. The van der Waals surface area contributed by atoms with Crippen molar-refractivity contribution < 1.29 is 42.9 Å². The number of ether oxygens (including phenoxy) is 4. The van der Waals surface area contributed by atoms with E-state index in [0.29, 0.717) is 17.4 Å². The van der Waals surface area contributed by atoms with E-state index in [1.165, 1.54) is 25.7 Å². The minimum absolute atomic E-state index is 0.140. The molecule has 0 saturated carbocycles. The standard InChI is InChI=1S/C50H83NO8/c1-6-8-10-12-14-15-16-17-18-19-20-21-22-23-24-25-26-27-28-29-30-31-32-33-35-37-39-41-48(53)59-46(44-57-47(52)40-38-36-34-13-11-9-7-2)45-58-50(49(54)55)56-43-42-51(3,4)5/h8,10,14-15,17-18,20-21,23-24,26-27,29-30,46,50H,6-7,9,11-13,16,19,22,25,28,31-45H2,1-5H3/b10-8-,15-14-,18-17-,21-20-,24-23-,27-26-,30-29-. The summed E-state index contributed by atoms with van der Waals surface area (Å²) in [6.45, 7) is 4.52. The molecule has 2 unspecified atom stereocenters. The van der Waals surface area contributed by atoms with Gasteiger partial charge in [-0.15, -0.1) is 0 Å². The number of aliphatic carboxylic acids is 1. The molecule has 0 aliphatic carbocycles. The van der Waals surface area contributed by atoms with Crippen molar-refractivity contribution >= 4 is 17.9 Å². The Morgan fingerprint density at radius 3 is 1.44 bits per heavy atom. The molecule has 0 aromatic rings. The SMILES string of the molecule is CC/C=C\C/C=C\C/C=C\C/C=C\C/C=C\C/C=C\C/C=C\CCCCCCCC(=O)OC(COC(=O)CCCCCCCCC)COC(OCC[N+](C)(C)C)C(=O)[O-]. The van der Waals surface area contributed by atoms with Gasteiger partial charge >= 0.3 is 11.9 Å². The first-order valence-electron chi connectivity index (χ1n) is 22.7. The van der Waals surface area contributed by atoms with Crippen LogP contribution >= 0.6 is 0 Å². The number of quaternary nitrogens is 1. The molecule has 0 bridgehead atoms. The van der Waals surface area contributed by atoms with Gasteiger partial charge in [-0.05, 0) is 70.6 Å². The molecule has 0 rings (SSSR count). The maximum absolute atomic E-state index is 12.7. The van der Waals surface area contributed by atoms with Crippen LogP contribution in [0.1, 0.15) is 155 Å². The smallest absolute Gasteiger partial charge is 0.306 e. The Hall–Kier alpha value is -3.53. The van der Waals surface area contributed by atoms with Crippen LogP contribution in [0, 0.1) is 0 Å². The monoisotopic (exact) mass is 826 g/mol. The van der Waals surface area contributed by atoms with Crippen LogP contribution in [0.15, 0.2) is 85.1 Å². The van der Waals surface area contributed by atoms with Gasteiger partial charge in [0, 0.05) is 12.8 Å². The van der Waals surface area contributed by atoms with Crippen LogP contribution in [-0.4, -0.2) is 82.3 Å². The van der Waals surface area contributed by atoms with Crippen molar-refractivity contribution in [3.8, 4) is 0 Å². The zero-order chi connectivity index (χ0) is 43.5. The topological polar surface area (TPSA) is 111 Å². The lowest BCUT2D eigenvalue weighted by Gasteiger charge is -2.26. The summed E-state index contributed by atoms with van der Waals surface area (Å²) in [5.74, 6) is -2.33. The fourth-order valence-electron chi connectivity index (χ4n) is 5.63. The van der Waals surface area contributed by atoms with Gasteiger partial charge in [0.2, 0.25) is 0 Å². The van der Waals surface area contributed by atoms with E-state index in [-0.39, 0.29) is 38.6 Å². The van der Waals surface area contributed by atoms with E-state index in [9.17, 15) is 19.5 Å². The number of unbranched alkanes of at least 4 members (excludes halogenated alkanes) is 11. The average molecular weight is 826 g/mol. The number of carbonyl (C=O) groups excluding carboxylic acids is 3. The largest absolute Gasteiger partial charge is 0.545 e. The molecule has 0 amide bonds. The van der Waals surface area contributed by atoms with Crippen molar-refractivity contribution in [1.82, 2.24) is 0 Å². The van der Waals surface area contributed by atoms with Crippen molar-refractivity contribution in [2.24, 2.45) is 0 Å². The first kappa shape index (κ1) is 55.5. The van der Waals surface area contributed by atoms with E-state index in [1.807, 2.05) is 21.1 Å². The molecule has 0 N–H and O–H groups in total. The van der Waals surface area contributed by atoms with Gasteiger partial charge in [0.15, 0.2) is 12.4 Å². The number of esters is 2. The fourth-order valence-corrected chi connectivity index (χ4v) is 5.63. The number of hydrogen-bond acceptors (Lipinski definition) is 8. The van der Waals surface area contributed by atoms with Gasteiger partial charge in [0.05, 0.1) is 40.3 Å². The number of allylic oxidation sites excluding steroid dienone is 14. The van der Waals surface area contributed by atoms with Crippen LogP contribution in [0.2, 0.25) is 0 Å². The van der Waals surface area contributed by atoms with E-state index in [4.69, 9.17) is 18.9 Å². The minimum Gasteiger partial charge on any atom is -0.545 e. The summed E-state index contributed by atoms with van der Waals surface area (Å²) in [6.07, 6.45) is 49.3. The summed E-state index contributed by atoms with van der Waals surface area (Å²) < 4.78 is 22.4. The first-order valence-corrected chi connectivity index (χ1v) is 22.7. The van der Waals surface area contributed by atoms with E-state index in [0.717, 1.165) is 96.3 Å². The predicted octanol–water partition coefficient (Wildman–Crippen LogP) is 10.8. The lowest BCUT2D eigenvalue weighted by Crippen LogP contribution is -2.44. The van der Waals surface area contributed by atoms with E-state index < -0.39 is 24.3 Å². The number of nitrogens with zero attached hydrogens (tertiary/aromatic N) is 1. The fraction of sp³-hybridized carbons (Fsp3) is 0.660. The molecule has 9 nitrogen and oxygen atoms in total. The highest BCUT2D eigenvalue weighted by molar-refractivity contribution is 5.70. The predicted molar refractivity (Wildman–Crippen MR) is 241 cm³/mol. The highest BCUT2D eigenvalue weighted by atomic mass is 16.7. The van der Waals surface area contributed by atoms with Crippen LogP contribution in [0.5, 0.6) is 0 Å². The quantitative estimate of drug-likeness (QED) is 0.0197. The Morgan fingerprint density at radius 1 is 0.525 bits per heavy atom. The second kappa shape index (κ2) is 41.2. The zero-order valence-electron chi connectivity index (χ0n) is 37.8. The van der Waals surface area contributed by atoms with Crippen molar-refractivity contribution in [2.75, 3.05) is 47.5 Å². The molecule has 0 spiro atoms. The molecule has 0 saturated heterocycles. The lowest BCUT2D eigenvalue weighted by molar-refractivity contribution is -0.870. The van der Waals surface area contributed by atoms with Crippen LogP contribution in [-0.2, 0) is 33.3 Å². The Morgan fingerprint density at radius 2 is 0.966 bits per heavy atom. The molecule has 336 valence electrons. The zero-order valence-corrected chi connectivity index (χ0v) is 37.8. The summed E-state index contributed by atoms with van der Waals surface area (Å²) in [7, 11) is 5.88. The summed E-state index contributed by atoms with van der Waals surface area (Å²) >= 11 is 0. The molecule has 9 heteroatoms. The Bertz CT molecular complexity index is 1240. The number of hydrogen-bond donors (Lipinski definition) is 0. The number of rotatable bonds is 40. The van der Waals surface area contributed by atoms with Gasteiger partial charge in [-0.2, -0.15) is 0 Å². The van der Waals surface area contributed by atoms with Gasteiger partial charge in [-0.1, -0.05) is 157 Å². The van der Waals surface area contributed by atoms with Gasteiger partial charge in [-0.3, -0.25) is 9.59 Å². The molecule has 59 heavy (non-hydrogen) atoms. The van der Waals surface area contributed by atoms with Gasteiger partial charge in [-0.25, -0.2) is 0 Å². The number of carboxylic acid groups (broad SMARTS) is 1. The molecule has 0 radical (unpaired) electrons. The third-order valence-corrected chi connectivity index (χ3v) is 9.16. The molecule has 0 heterocycles. The van der Waals surface area contributed by atoms with E-state index in [2.05, 4.69) is 98.9 Å². The summed E-state index contributed by atoms with van der Waals surface area (Å²) in [5, 5.41) is 11.7. The molecule has 0 aliphatic rings. The molecule has 0 aliphatic heterocycles. The molecule has 0 aromatic heterocycles. The third-order valence-electron chi connectivity index (χ3n) is 9.16. The van der Waals surface area contributed by atoms with E-state index >= 15 is 0 Å². The highest BCUT2D eigenvalue weighted by Crippen LogP contribution is 2.12. The second-order valence-corrected chi connectivity index (χ2v) is 16.0. The van der Waals surface area contributed by atoms with Crippen molar-refractivity contribution in [2.45, 2.75) is 167 Å². The molecular weight excluding hydrogens is 743 g/mol. The van der Waals surface area contributed by atoms with Crippen LogP contribution in [0.25, 0.3) is 0 Å². The minimum atomic E-state index is -1.63. The number of carboxylic acids is 1. The Kier molecular flexibility index (Phi) is 38.7. The third kappa shape index (κ3) is 42.4. The van der Waals surface area contributed by atoms with Crippen molar-refractivity contribution in [3.63, 3.8) is 0 Å². The summed E-state index contributed by atoms with van der Waals surface area (Å²) in [4.78, 5) is 36.8. The normalized spacial score (nSPS) is 13.7. The lowest BCUT2D eigenvalue weighted by atomic mass is 10.1. The van der Waals surface area contributed by atoms with Crippen LogP contribution < -0.4 is 5.11 Å². The van der Waals surface area contributed by atoms with E-state index in [1.54, 1.807) is 0 Å². The van der Waals surface area contributed by atoms with Gasteiger partial charge < -0.3 is 33.3 Å². The average Bonchev–Trinajstić information content (AvgIpc) is 3.19. The molecule has 2 atom stereocenters. The summed E-state index contributed by atoms with van der Waals surface area (Å²) in [6, 6.07) is 0. The molecular formula is C50H83NO8. The van der Waals surface area contributed by atoms with Crippen LogP contribution in [0.3, 0.4) is 0 Å². The number of likely N-dealkylation sites (N-methyl/N-ethyl adjacent to an activating group) is 1. The maximum atomic E-state index is 12.7. The van der Waals surface area contributed by atoms with Crippen LogP contribution in [0.4, 0.5) is 0 Å². The van der Waals surface area contributed by atoms with Crippen molar-refractivity contribution in [1.29, 1.82) is 0 Å². The van der Waals surface area contributed by atoms with Gasteiger partial charge in [0.25, 0.3) is 0 Å². The molecule has 0 fully saturated rings. The Balaban J connectivity index is 4.32. The first-order chi connectivity index (χ1) is 28.6. The number of carbonyl (C=O) groups is 3. The maximum Gasteiger partial charge on any atom is 0.306 e. The van der Waals surface area contributed by atoms with Crippen molar-refractivity contribution in [3.05, 3.63) is 85.1 Å². The summed E-state index contributed by atoms with van der Waals surface area (Å²) in [5.41, 5.74) is 0. The highest BCUT2D eigenvalue weighted by Gasteiger charge is 2.21.